The van der Waals surface area contributed by atoms with Crippen LogP contribution in [0.5, 0.6) is 11.5 Å². The Morgan fingerprint density at radius 1 is 1.36 bits per heavy atom. The van der Waals surface area contributed by atoms with Gasteiger partial charge in [-0.1, -0.05) is 0 Å². The van der Waals surface area contributed by atoms with Gasteiger partial charge in [-0.2, -0.15) is 0 Å². The molecule has 0 aliphatic carbocycles. The second kappa shape index (κ2) is 7.45. The number of carbonyl (C=O) groups excluding carboxylic acids is 1. The molecule has 1 unspecified atom stereocenters. The van der Waals surface area contributed by atoms with Crippen molar-refractivity contribution in [2.45, 2.75) is 19.9 Å². The van der Waals surface area contributed by atoms with E-state index in [4.69, 9.17) is 9.47 Å². The van der Waals surface area contributed by atoms with Crippen LogP contribution in [0.15, 0.2) is 12.1 Å². The second-order valence-corrected chi connectivity index (χ2v) is 5.41. The Bertz CT molecular complexity index is 536. The molecule has 1 N–H and O–H groups in total. The van der Waals surface area contributed by atoms with E-state index in [0.29, 0.717) is 36.7 Å². The number of amides is 1. The zero-order valence-electron chi connectivity index (χ0n) is 13.3. The molecule has 0 aromatic heterocycles. The summed E-state index contributed by atoms with van der Waals surface area (Å²) in [5, 5.41) is 2.84. The number of nitrogens with zero attached hydrogens (tertiary/aromatic N) is 1. The molecule has 0 bridgehead atoms. The topological polar surface area (TPSA) is 50.8 Å². The van der Waals surface area contributed by atoms with Crippen molar-refractivity contribution >= 4 is 5.91 Å². The van der Waals surface area contributed by atoms with E-state index in [0.717, 1.165) is 13.0 Å². The predicted molar refractivity (Wildman–Crippen MR) is 81.6 cm³/mol. The van der Waals surface area contributed by atoms with E-state index >= 15 is 0 Å². The minimum Gasteiger partial charge on any atom is -0.493 e. The Kier molecular flexibility index (Phi) is 5.60. The maximum absolute atomic E-state index is 14.1. The third-order valence-corrected chi connectivity index (χ3v) is 3.94. The lowest BCUT2D eigenvalue weighted by molar-refractivity contribution is -0.124. The lowest BCUT2D eigenvalue weighted by Crippen LogP contribution is -2.32. The summed E-state index contributed by atoms with van der Waals surface area (Å²) in [6.07, 6.45) is 0.806. The molecule has 0 saturated carbocycles. The third-order valence-electron chi connectivity index (χ3n) is 3.94. The van der Waals surface area contributed by atoms with Gasteiger partial charge < -0.3 is 14.8 Å². The van der Waals surface area contributed by atoms with Crippen LogP contribution in [0.1, 0.15) is 18.9 Å². The quantitative estimate of drug-likeness (QED) is 0.870. The Morgan fingerprint density at radius 2 is 2.05 bits per heavy atom. The first kappa shape index (κ1) is 16.5. The first-order valence-corrected chi connectivity index (χ1v) is 7.49. The van der Waals surface area contributed by atoms with Gasteiger partial charge in [0.15, 0.2) is 11.5 Å². The number of rotatable bonds is 6. The summed E-state index contributed by atoms with van der Waals surface area (Å²) < 4.78 is 24.4. The predicted octanol–water partition coefficient (Wildman–Crippen LogP) is 1.80. The fourth-order valence-electron chi connectivity index (χ4n) is 2.77. The first-order valence-electron chi connectivity index (χ1n) is 7.49. The highest BCUT2D eigenvalue weighted by atomic mass is 19.1. The van der Waals surface area contributed by atoms with Crippen LogP contribution in [0.25, 0.3) is 0 Å². The van der Waals surface area contributed by atoms with Crippen molar-refractivity contribution in [3.63, 3.8) is 0 Å². The number of benzene rings is 1. The van der Waals surface area contributed by atoms with Crippen LogP contribution in [-0.4, -0.2) is 44.7 Å². The number of nitrogens with one attached hydrogen (secondary N) is 1. The number of ether oxygens (including phenoxy) is 2. The van der Waals surface area contributed by atoms with E-state index in [1.54, 1.807) is 6.07 Å². The Balaban J connectivity index is 2.04. The molecule has 1 aliphatic heterocycles. The van der Waals surface area contributed by atoms with Gasteiger partial charge in [-0.05, 0) is 26.0 Å². The number of likely N-dealkylation sites (tertiary alicyclic amines) is 1. The van der Waals surface area contributed by atoms with Gasteiger partial charge >= 0.3 is 0 Å². The minimum absolute atomic E-state index is 0.0110. The lowest BCUT2D eigenvalue weighted by atomic mass is 10.1. The molecule has 1 atom stereocenters. The van der Waals surface area contributed by atoms with Gasteiger partial charge in [-0.25, -0.2) is 4.39 Å². The van der Waals surface area contributed by atoms with Gasteiger partial charge in [0.1, 0.15) is 5.82 Å². The summed E-state index contributed by atoms with van der Waals surface area (Å²) in [6, 6.07) is 3.00. The van der Waals surface area contributed by atoms with Crippen LogP contribution < -0.4 is 14.8 Å². The van der Waals surface area contributed by atoms with Gasteiger partial charge in [-0.15, -0.1) is 0 Å². The van der Waals surface area contributed by atoms with E-state index < -0.39 is 0 Å². The average molecular weight is 310 g/mol. The van der Waals surface area contributed by atoms with Gasteiger partial charge in [0.2, 0.25) is 5.91 Å². The summed E-state index contributed by atoms with van der Waals surface area (Å²) in [5.74, 6) is 0.642. The van der Waals surface area contributed by atoms with Gasteiger partial charge in [0, 0.05) is 31.3 Å². The molecule has 1 aliphatic rings. The van der Waals surface area contributed by atoms with E-state index in [-0.39, 0.29) is 17.6 Å². The van der Waals surface area contributed by atoms with Gasteiger partial charge in [-0.3, -0.25) is 9.69 Å². The van der Waals surface area contributed by atoms with Crippen molar-refractivity contribution in [1.29, 1.82) is 0 Å². The largest absolute Gasteiger partial charge is 0.493 e. The van der Waals surface area contributed by atoms with Gasteiger partial charge in [0.05, 0.1) is 20.1 Å². The third kappa shape index (κ3) is 3.68. The zero-order valence-corrected chi connectivity index (χ0v) is 13.3. The normalized spacial score (nSPS) is 18.3. The molecule has 2 rings (SSSR count). The number of hydrogen-bond acceptors (Lipinski definition) is 4. The SMILES string of the molecule is CCNC(=O)C1CCN(Cc2cc(OC)c(OC)cc2F)C1. The molecule has 122 valence electrons. The van der Waals surface area contributed by atoms with Crippen LogP contribution in [0, 0.1) is 11.7 Å². The Labute approximate surface area is 130 Å². The molecule has 1 aromatic carbocycles. The minimum atomic E-state index is -0.320. The van der Waals surface area contributed by atoms with Crippen LogP contribution in [0.2, 0.25) is 0 Å². The van der Waals surface area contributed by atoms with Crippen molar-refractivity contribution in [3.05, 3.63) is 23.5 Å². The number of carbonyl (C=O) groups is 1. The fourth-order valence-corrected chi connectivity index (χ4v) is 2.77. The second-order valence-electron chi connectivity index (χ2n) is 5.41. The molecule has 1 saturated heterocycles. The fraction of sp³-hybridized carbons (Fsp3) is 0.562. The maximum atomic E-state index is 14.1. The molecular weight excluding hydrogens is 287 g/mol. The van der Waals surface area contributed by atoms with Crippen molar-refractivity contribution < 1.29 is 18.7 Å². The van der Waals surface area contributed by atoms with E-state index in [2.05, 4.69) is 10.2 Å². The zero-order chi connectivity index (χ0) is 16.1. The molecule has 1 aromatic rings. The summed E-state index contributed by atoms with van der Waals surface area (Å²) in [7, 11) is 3.01. The van der Waals surface area contributed by atoms with Crippen molar-refractivity contribution in [1.82, 2.24) is 10.2 Å². The highest BCUT2D eigenvalue weighted by molar-refractivity contribution is 5.79. The summed E-state index contributed by atoms with van der Waals surface area (Å²) >= 11 is 0. The number of hydrogen-bond donors (Lipinski definition) is 1. The van der Waals surface area contributed by atoms with E-state index in [1.165, 1.54) is 20.3 Å². The average Bonchev–Trinajstić information content (AvgIpc) is 2.97. The number of halogens is 1. The Morgan fingerprint density at radius 3 is 2.68 bits per heavy atom. The van der Waals surface area contributed by atoms with Crippen LogP contribution in [-0.2, 0) is 11.3 Å². The molecule has 22 heavy (non-hydrogen) atoms. The number of methoxy groups -OCH3 is 2. The molecule has 5 nitrogen and oxygen atoms in total. The smallest absolute Gasteiger partial charge is 0.224 e. The summed E-state index contributed by atoms with van der Waals surface area (Å²) in [6.45, 7) is 4.45. The Hall–Kier alpha value is -1.82. The summed E-state index contributed by atoms with van der Waals surface area (Å²) in [4.78, 5) is 13.9. The van der Waals surface area contributed by atoms with Crippen LogP contribution in [0.3, 0.4) is 0 Å². The van der Waals surface area contributed by atoms with Crippen LogP contribution >= 0.6 is 0 Å². The van der Waals surface area contributed by atoms with Gasteiger partial charge in [0.25, 0.3) is 0 Å². The maximum Gasteiger partial charge on any atom is 0.224 e. The molecule has 1 fully saturated rings. The van der Waals surface area contributed by atoms with Crippen LogP contribution in [0.4, 0.5) is 4.39 Å². The van der Waals surface area contributed by atoms with Crippen molar-refractivity contribution in [2.75, 3.05) is 33.9 Å². The first-order chi connectivity index (χ1) is 10.6. The molecule has 1 amide bonds. The van der Waals surface area contributed by atoms with Crippen molar-refractivity contribution in [2.24, 2.45) is 5.92 Å². The molecule has 0 spiro atoms. The monoisotopic (exact) mass is 310 g/mol. The molecule has 6 heteroatoms. The van der Waals surface area contributed by atoms with E-state index in [1.807, 2.05) is 6.92 Å². The molecule has 1 heterocycles. The highest BCUT2D eigenvalue weighted by Crippen LogP contribution is 2.31. The molecular formula is C16H23FN2O3. The van der Waals surface area contributed by atoms with Crippen molar-refractivity contribution in [3.8, 4) is 11.5 Å². The van der Waals surface area contributed by atoms with E-state index in [9.17, 15) is 9.18 Å². The summed E-state index contributed by atoms with van der Waals surface area (Å²) in [5.41, 5.74) is 0.550. The standard InChI is InChI=1S/C16H23FN2O3/c1-4-18-16(20)11-5-6-19(9-11)10-12-7-14(21-2)15(22-3)8-13(12)17/h7-8,11H,4-6,9-10H2,1-3H3,(H,18,20). The highest BCUT2D eigenvalue weighted by Gasteiger charge is 2.28. The lowest BCUT2D eigenvalue weighted by Gasteiger charge is -2.18. The molecule has 0 radical (unpaired) electrons.